The molecule has 0 fully saturated rings. The Hall–Kier alpha value is -2.90. The maximum Gasteiger partial charge on any atom is 0.326 e. The lowest BCUT2D eigenvalue weighted by molar-refractivity contribution is -0.153. The molecule has 124 valence electrons. The number of amides is 4. The molecular weight excluding hydrogens is 302 g/mol. The number of carbonyl (C=O) groups is 4. The average molecular weight is 321 g/mol. The summed E-state index contributed by atoms with van der Waals surface area (Å²) in [5.74, 6) is -1.97. The van der Waals surface area contributed by atoms with E-state index in [9.17, 15) is 19.2 Å². The fourth-order valence-electron chi connectivity index (χ4n) is 1.61. The van der Waals surface area contributed by atoms with Crippen molar-refractivity contribution in [3.8, 4) is 0 Å². The summed E-state index contributed by atoms with van der Waals surface area (Å²) in [5.41, 5.74) is 1.34. The Morgan fingerprint density at radius 1 is 1.22 bits per heavy atom. The van der Waals surface area contributed by atoms with Crippen LogP contribution in [0.4, 0.5) is 4.79 Å². The van der Waals surface area contributed by atoms with Crippen LogP contribution < -0.4 is 16.0 Å². The number of nitrogens with one attached hydrogen (secondary N) is 3. The van der Waals surface area contributed by atoms with Gasteiger partial charge >= 0.3 is 12.0 Å². The molecule has 4 amide bonds. The van der Waals surface area contributed by atoms with E-state index in [-0.39, 0.29) is 6.54 Å². The van der Waals surface area contributed by atoms with Gasteiger partial charge in [-0.3, -0.25) is 19.7 Å². The van der Waals surface area contributed by atoms with E-state index in [0.717, 1.165) is 5.56 Å². The molecule has 0 aromatic heterocycles. The maximum atomic E-state index is 11.9. The average Bonchev–Trinajstić information content (AvgIpc) is 2.52. The van der Waals surface area contributed by atoms with Crippen LogP contribution in [0.1, 0.15) is 22.8 Å². The molecule has 0 saturated heterocycles. The minimum atomic E-state index is -1.16. The van der Waals surface area contributed by atoms with E-state index in [1.807, 2.05) is 18.3 Å². The number of rotatable bonds is 5. The monoisotopic (exact) mass is 321 g/mol. The van der Waals surface area contributed by atoms with Crippen molar-refractivity contribution in [3.63, 3.8) is 0 Å². The second kappa shape index (κ2) is 8.52. The highest BCUT2D eigenvalue weighted by Crippen LogP contribution is 2.03. The molecule has 3 N–H and O–H groups in total. The zero-order chi connectivity index (χ0) is 17.4. The van der Waals surface area contributed by atoms with Gasteiger partial charge in [0.1, 0.15) is 6.54 Å². The third kappa shape index (κ3) is 6.16. The lowest BCUT2D eigenvalue weighted by atomic mass is 10.1. The Morgan fingerprint density at radius 2 is 1.91 bits per heavy atom. The number of esters is 1. The van der Waals surface area contributed by atoms with Crippen molar-refractivity contribution in [2.24, 2.45) is 0 Å². The number of carbonyl (C=O) groups excluding carboxylic acids is 4. The third-order valence-corrected chi connectivity index (χ3v) is 2.81. The van der Waals surface area contributed by atoms with Gasteiger partial charge in [-0.2, -0.15) is 0 Å². The van der Waals surface area contributed by atoms with Crippen LogP contribution in [0.25, 0.3) is 0 Å². The van der Waals surface area contributed by atoms with Crippen molar-refractivity contribution >= 4 is 23.8 Å². The summed E-state index contributed by atoms with van der Waals surface area (Å²) >= 11 is 0. The van der Waals surface area contributed by atoms with Crippen LogP contribution in [0.15, 0.2) is 24.3 Å². The first-order valence-corrected chi connectivity index (χ1v) is 6.90. The second-order valence-corrected chi connectivity index (χ2v) is 4.75. The minimum absolute atomic E-state index is 0.385. The molecule has 0 spiro atoms. The molecular formula is C15H19N3O5. The molecule has 23 heavy (non-hydrogen) atoms. The predicted molar refractivity (Wildman–Crippen MR) is 81.7 cm³/mol. The van der Waals surface area contributed by atoms with Gasteiger partial charge in [0.25, 0.3) is 11.8 Å². The molecule has 0 aliphatic carbocycles. The topological polar surface area (TPSA) is 114 Å². The number of urea groups is 1. The molecule has 8 heteroatoms. The number of ether oxygens (including phenoxy) is 1. The van der Waals surface area contributed by atoms with Crippen LogP contribution in [-0.4, -0.2) is 43.5 Å². The molecule has 0 aliphatic rings. The second-order valence-electron chi connectivity index (χ2n) is 4.75. The van der Waals surface area contributed by atoms with Gasteiger partial charge in [0.2, 0.25) is 0 Å². The van der Waals surface area contributed by atoms with Crippen LogP contribution in [-0.2, 0) is 14.3 Å². The molecule has 1 atom stereocenters. The normalized spacial score (nSPS) is 11.1. The number of imide groups is 1. The van der Waals surface area contributed by atoms with Crippen molar-refractivity contribution in [3.05, 3.63) is 35.4 Å². The number of hydrogen-bond acceptors (Lipinski definition) is 5. The first kappa shape index (κ1) is 18.1. The van der Waals surface area contributed by atoms with Crippen molar-refractivity contribution in [1.82, 2.24) is 16.0 Å². The van der Waals surface area contributed by atoms with Crippen LogP contribution in [0.2, 0.25) is 0 Å². The van der Waals surface area contributed by atoms with E-state index in [1.165, 1.54) is 14.0 Å². The van der Waals surface area contributed by atoms with Crippen LogP contribution in [0, 0.1) is 6.92 Å². The molecule has 0 aliphatic heterocycles. The van der Waals surface area contributed by atoms with Crippen LogP contribution in [0.3, 0.4) is 0 Å². The summed E-state index contributed by atoms with van der Waals surface area (Å²) < 4.78 is 4.82. The van der Waals surface area contributed by atoms with Crippen molar-refractivity contribution in [2.45, 2.75) is 20.0 Å². The Morgan fingerprint density at radius 3 is 2.52 bits per heavy atom. The standard InChI is InChI=1S/C15H19N3O5/c1-9-5-4-6-11(7-9)14(21)17-8-12(19)23-10(2)13(20)18-15(22)16-3/h4-7,10H,8H2,1-3H3,(H,17,21)(H2,16,18,20,22)/t10-/m1/s1. The SMILES string of the molecule is CNC(=O)NC(=O)[C@@H](C)OC(=O)CNC(=O)c1cccc(C)c1. The summed E-state index contributed by atoms with van der Waals surface area (Å²) in [4.78, 5) is 45.9. The molecule has 0 radical (unpaired) electrons. The van der Waals surface area contributed by atoms with Gasteiger partial charge in [-0.1, -0.05) is 17.7 Å². The van der Waals surface area contributed by atoms with E-state index >= 15 is 0 Å². The molecule has 1 aromatic carbocycles. The molecule has 0 saturated carbocycles. The first-order chi connectivity index (χ1) is 10.8. The highest BCUT2D eigenvalue weighted by Gasteiger charge is 2.19. The van der Waals surface area contributed by atoms with E-state index in [1.54, 1.807) is 18.2 Å². The minimum Gasteiger partial charge on any atom is -0.451 e. The molecule has 0 heterocycles. The van der Waals surface area contributed by atoms with Crippen molar-refractivity contribution in [1.29, 1.82) is 0 Å². The number of aryl methyl sites for hydroxylation is 1. The lowest BCUT2D eigenvalue weighted by Gasteiger charge is -2.13. The van der Waals surface area contributed by atoms with E-state index in [0.29, 0.717) is 5.56 Å². The quantitative estimate of drug-likeness (QED) is 0.666. The summed E-state index contributed by atoms with van der Waals surface area (Å²) in [6.45, 7) is 2.78. The number of benzene rings is 1. The zero-order valence-electron chi connectivity index (χ0n) is 13.1. The highest BCUT2D eigenvalue weighted by atomic mass is 16.5. The summed E-state index contributed by atoms with van der Waals surface area (Å²) in [6.07, 6.45) is -1.16. The third-order valence-electron chi connectivity index (χ3n) is 2.81. The molecule has 1 rings (SSSR count). The van der Waals surface area contributed by atoms with Gasteiger partial charge in [0.05, 0.1) is 0 Å². The van der Waals surface area contributed by atoms with E-state index < -0.39 is 29.9 Å². The van der Waals surface area contributed by atoms with Gasteiger partial charge in [0, 0.05) is 12.6 Å². The van der Waals surface area contributed by atoms with Gasteiger partial charge in [-0.05, 0) is 26.0 Å². The van der Waals surface area contributed by atoms with Crippen molar-refractivity contribution < 1.29 is 23.9 Å². The lowest BCUT2D eigenvalue weighted by Crippen LogP contribution is -2.44. The van der Waals surface area contributed by atoms with Gasteiger partial charge in [-0.25, -0.2) is 4.79 Å². The van der Waals surface area contributed by atoms with Gasteiger partial charge in [0.15, 0.2) is 6.10 Å². The molecule has 0 unspecified atom stereocenters. The smallest absolute Gasteiger partial charge is 0.326 e. The molecule has 0 bridgehead atoms. The Balaban J connectivity index is 2.43. The largest absolute Gasteiger partial charge is 0.451 e. The highest BCUT2D eigenvalue weighted by molar-refractivity contribution is 5.98. The summed E-state index contributed by atoms with van der Waals surface area (Å²) in [6, 6.07) is 6.17. The zero-order valence-corrected chi connectivity index (χ0v) is 13.1. The summed E-state index contributed by atoms with van der Waals surface area (Å²) in [5, 5.41) is 6.57. The molecule has 1 aromatic rings. The predicted octanol–water partition coefficient (Wildman–Crippen LogP) is 0.112. The Kier molecular flexibility index (Phi) is 6.72. The fourth-order valence-corrected chi connectivity index (χ4v) is 1.61. The van der Waals surface area contributed by atoms with Crippen molar-refractivity contribution in [2.75, 3.05) is 13.6 Å². The Labute approximate surface area is 133 Å². The first-order valence-electron chi connectivity index (χ1n) is 6.90. The molecule has 8 nitrogen and oxygen atoms in total. The number of hydrogen-bond donors (Lipinski definition) is 3. The summed E-state index contributed by atoms with van der Waals surface area (Å²) in [7, 11) is 1.35. The van der Waals surface area contributed by atoms with Crippen LogP contribution in [0.5, 0.6) is 0 Å². The van der Waals surface area contributed by atoms with E-state index in [2.05, 4.69) is 10.6 Å². The van der Waals surface area contributed by atoms with E-state index in [4.69, 9.17) is 4.74 Å². The Bertz CT molecular complexity index is 615. The van der Waals surface area contributed by atoms with Crippen LogP contribution >= 0.6 is 0 Å². The maximum absolute atomic E-state index is 11.9. The van der Waals surface area contributed by atoms with Gasteiger partial charge < -0.3 is 15.4 Å². The van der Waals surface area contributed by atoms with Gasteiger partial charge in [-0.15, -0.1) is 0 Å². The fraction of sp³-hybridized carbons (Fsp3) is 0.333.